The molecular formula is C17H17BrN2O4S. The summed E-state index contributed by atoms with van der Waals surface area (Å²) in [6, 6.07) is 8.06. The third kappa shape index (κ3) is 4.52. The second-order valence-electron chi connectivity index (χ2n) is 5.50. The Morgan fingerprint density at radius 1 is 1.16 bits per heavy atom. The molecular weight excluding hydrogens is 408 g/mol. The Kier molecular flexibility index (Phi) is 5.60. The van der Waals surface area contributed by atoms with Crippen molar-refractivity contribution in [2.75, 3.05) is 18.5 Å². The standard InChI is InChI=1S/C17H17BrN2O4S/c1-10(19-17(22)14-5-6-15(18)25-14)16(21)20-11-3-4-12-13(9-11)24-8-2-7-23-12/h3-6,9-10H,2,7-8H2,1H3,(H,19,22)(H,20,21). The van der Waals surface area contributed by atoms with Gasteiger partial charge in [-0.3, -0.25) is 9.59 Å². The summed E-state index contributed by atoms with van der Waals surface area (Å²) >= 11 is 4.63. The fraction of sp³-hybridized carbons (Fsp3) is 0.294. The fourth-order valence-corrected chi connectivity index (χ4v) is 3.55. The van der Waals surface area contributed by atoms with Gasteiger partial charge in [0.25, 0.3) is 5.91 Å². The Bertz CT molecular complexity index is 793. The van der Waals surface area contributed by atoms with Crippen LogP contribution >= 0.6 is 27.3 Å². The van der Waals surface area contributed by atoms with E-state index in [0.29, 0.717) is 35.3 Å². The summed E-state index contributed by atoms with van der Waals surface area (Å²) in [7, 11) is 0. The number of amides is 2. The molecule has 2 heterocycles. The van der Waals surface area contributed by atoms with Crippen LogP contribution in [-0.4, -0.2) is 31.1 Å². The molecule has 1 aromatic heterocycles. The highest BCUT2D eigenvalue weighted by Crippen LogP contribution is 2.32. The van der Waals surface area contributed by atoms with E-state index >= 15 is 0 Å². The van der Waals surface area contributed by atoms with E-state index in [1.807, 2.05) is 0 Å². The highest BCUT2D eigenvalue weighted by Gasteiger charge is 2.19. The van der Waals surface area contributed by atoms with Crippen molar-refractivity contribution >= 4 is 44.8 Å². The van der Waals surface area contributed by atoms with Crippen LogP contribution in [0.15, 0.2) is 34.1 Å². The number of thiophene rings is 1. The second kappa shape index (κ2) is 7.88. The molecule has 2 aromatic rings. The molecule has 132 valence electrons. The maximum atomic E-state index is 12.3. The number of benzene rings is 1. The van der Waals surface area contributed by atoms with Crippen LogP contribution in [0.25, 0.3) is 0 Å². The zero-order valence-electron chi connectivity index (χ0n) is 13.5. The molecule has 8 heteroatoms. The molecule has 0 spiro atoms. The zero-order chi connectivity index (χ0) is 17.8. The van der Waals surface area contributed by atoms with E-state index < -0.39 is 6.04 Å². The predicted octanol–water partition coefficient (Wildman–Crippen LogP) is 3.43. The van der Waals surface area contributed by atoms with E-state index in [1.54, 1.807) is 37.3 Å². The Balaban J connectivity index is 1.61. The third-order valence-electron chi connectivity index (χ3n) is 3.55. The fourth-order valence-electron chi connectivity index (χ4n) is 2.26. The highest BCUT2D eigenvalue weighted by atomic mass is 79.9. The van der Waals surface area contributed by atoms with E-state index in [9.17, 15) is 9.59 Å². The van der Waals surface area contributed by atoms with E-state index in [1.165, 1.54) is 11.3 Å². The minimum Gasteiger partial charge on any atom is -0.490 e. The molecule has 1 atom stereocenters. The Morgan fingerprint density at radius 3 is 2.64 bits per heavy atom. The Hall–Kier alpha value is -2.06. The summed E-state index contributed by atoms with van der Waals surface area (Å²) in [6.45, 7) is 2.83. The Morgan fingerprint density at radius 2 is 1.92 bits per heavy atom. The Labute approximate surface area is 157 Å². The van der Waals surface area contributed by atoms with E-state index in [0.717, 1.165) is 10.2 Å². The van der Waals surface area contributed by atoms with Gasteiger partial charge in [0.05, 0.1) is 21.9 Å². The SMILES string of the molecule is CC(NC(=O)c1ccc(Br)s1)C(=O)Nc1ccc2c(c1)OCCCO2. The number of rotatable bonds is 4. The molecule has 1 aliphatic heterocycles. The number of halogens is 1. The average Bonchev–Trinajstić information content (AvgIpc) is 2.89. The molecule has 1 unspecified atom stereocenters. The lowest BCUT2D eigenvalue weighted by Gasteiger charge is -2.15. The maximum absolute atomic E-state index is 12.3. The lowest BCUT2D eigenvalue weighted by atomic mass is 10.2. The van der Waals surface area contributed by atoms with Crippen molar-refractivity contribution in [2.45, 2.75) is 19.4 Å². The van der Waals surface area contributed by atoms with Crippen LogP contribution in [0.3, 0.4) is 0 Å². The van der Waals surface area contributed by atoms with Crippen LogP contribution in [0.5, 0.6) is 11.5 Å². The zero-order valence-corrected chi connectivity index (χ0v) is 15.9. The molecule has 1 aliphatic rings. The highest BCUT2D eigenvalue weighted by molar-refractivity contribution is 9.11. The molecule has 0 bridgehead atoms. The number of anilines is 1. The first-order valence-electron chi connectivity index (χ1n) is 7.79. The summed E-state index contributed by atoms with van der Waals surface area (Å²) in [5.74, 6) is 0.686. The first-order valence-corrected chi connectivity index (χ1v) is 9.40. The van der Waals surface area contributed by atoms with Gasteiger partial charge in [-0.05, 0) is 47.1 Å². The van der Waals surface area contributed by atoms with Gasteiger partial charge in [0.15, 0.2) is 11.5 Å². The number of carbonyl (C=O) groups excluding carboxylic acids is 2. The van der Waals surface area contributed by atoms with Crippen molar-refractivity contribution in [1.82, 2.24) is 5.32 Å². The average molecular weight is 425 g/mol. The molecule has 25 heavy (non-hydrogen) atoms. The van der Waals surface area contributed by atoms with Crippen molar-refractivity contribution in [3.63, 3.8) is 0 Å². The smallest absolute Gasteiger partial charge is 0.262 e. The topological polar surface area (TPSA) is 76.7 Å². The molecule has 6 nitrogen and oxygen atoms in total. The molecule has 1 aromatic carbocycles. The summed E-state index contributed by atoms with van der Waals surface area (Å²) < 4.78 is 12.0. The summed E-state index contributed by atoms with van der Waals surface area (Å²) in [4.78, 5) is 25.0. The lowest BCUT2D eigenvalue weighted by Crippen LogP contribution is -2.41. The van der Waals surface area contributed by atoms with Gasteiger partial charge in [-0.15, -0.1) is 11.3 Å². The molecule has 0 aliphatic carbocycles. The number of ether oxygens (including phenoxy) is 2. The molecule has 0 radical (unpaired) electrons. The number of carbonyl (C=O) groups is 2. The minimum absolute atomic E-state index is 0.281. The number of hydrogen-bond donors (Lipinski definition) is 2. The van der Waals surface area contributed by atoms with Gasteiger partial charge in [0.2, 0.25) is 5.91 Å². The molecule has 0 saturated carbocycles. The van der Waals surface area contributed by atoms with Crippen LogP contribution in [0.2, 0.25) is 0 Å². The second-order valence-corrected chi connectivity index (χ2v) is 7.96. The van der Waals surface area contributed by atoms with Gasteiger partial charge in [-0.2, -0.15) is 0 Å². The molecule has 3 rings (SSSR count). The van der Waals surface area contributed by atoms with Gasteiger partial charge in [0, 0.05) is 18.2 Å². The van der Waals surface area contributed by atoms with Gasteiger partial charge in [0.1, 0.15) is 6.04 Å². The van der Waals surface area contributed by atoms with Crippen molar-refractivity contribution in [2.24, 2.45) is 0 Å². The summed E-state index contributed by atoms with van der Waals surface area (Å²) in [6.07, 6.45) is 0.818. The van der Waals surface area contributed by atoms with E-state index in [-0.39, 0.29) is 11.8 Å². The van der Waals surface area contributed by atoms with Gasteiger partial charge in [-0.25, -0.2) is 0 Å². The normalized spacial score (nSPS) is 14.3. The van der Waals surface area contributed by atoms with Gasteiger partial charge >= 0.3 is 0 Å². The van der Waals surface area contributed by atoms with E-state index in [2.05, 4.69) is 26.6 Å². The molecule has 0 saturated heterocycles. The van der Waals surface area contributed by atoms with Gasteiger partial charge in [-0.1, -0.05) is 0 Å². The van der Waals surface area contributed by atoms with Crippen molar-refractivity contribution < 1.29 is 19.1 Å². The molecule has 0 fully saturated rings. The lowest BCUT2D eigenvalue weighted by molar-refractivity contribution is -0.117. The molecule has 2 amide bonds. The van der Waals surface area contributed by atoms with Crippen LogP contribution < -0.4 is 20.1 Å². The summed E-state index contributed by atoms with van der Waals surface area (Å²) in [5.41, 5.74) is 0.592. The van der Waals surface area contributed by atoms with Crippen LogP contribution in [0.1, 0.15) is 23.0 Å². The monoisotopic (exact) mass is 424 g/mol. The number of nitrogens with one attached hydrogen (secondary N) is 2. The number of hydrogen-bond acceptors (Lipinski definition) is 5. The van der Waals surface area contributed by atoms with Crippen LogP contribution in [-0.2, 0) is 4.79 Å². The summed E-state index contributed by atoms with van der Waals surface area (Å²) in [5, 5.41) is 5.46. The molecule has 2 N–H and O–H groups in total. The van der Waals surface area contributed by atoms with Crippen LogP contribution in [0.4, 0.5) is 5.69 Å². The van der Waals surface area contributed by atoms with Crippen molar-refractivity contribution in [1.29, 1.82) is 0 Å². The minimum atomic E-state index is -0.677. The maximum Gasteiger partial charge on any atom is 0.262 e. The van der Waals surface area contributed by atoms with Crippen molar-refractivity contribution in [3.05, 3.63) is 39.0 Å². The van der Waals surface area contributed by atoms with E-state index in [4.69, 9.17) is 9.47 Å². The van der Waals surface area contributed by atoms with Crippen LogP contribution in [0, 0.1) is 0 Å². The third-order valence-corrected chi connectivity index (χ3v) is 5.18. The van der Waals surface area contributed by atoms with Crippen molar-refractivity contribution in [3.8, 4) is 11.5 Å². The predicted molar refractivity (Wildman–Crippen MR) is 99.6 cm³/mol. The van der Waals surface area contributed by atoms with Gasteiger partial charge < -0.3 is 20.1 Å². The first kappa shape index (κ1) is 17.8. The first-order chi connectivity index (χ1) is 12.0. The largest absolute Gasteiger partial charge is 0.490 e. The quantitative estimate of drug-likeness (QED) is 0.787. The number of fused-ring (bicyclic) bond motifs is 1.